The Kier molecular flexibility index (Phi) is 6.00. The number of hydrogen-bond acceptors (Lipinski definition) is 5. The van der Waals surface area contributed by atoms with Gasteiger partial charge >= 0.3 is 0 Å². The summed E-state index contributed by atoms with van der Waals surface area (Å²) >= 11 is 1.62. The van der Waals surface area contributed by atoms with Gasteiger partial charge in [-0.1, -0.05) is 60.7 Å². The fourth-order valence-corrected chi connectivity index (χ4v) is 9.41. The van der Waals surface area contributed by atoms with E-state index in [-0.39, 0.29) is 24.3 Å². The van der Waals surface area contributed by atoms with E-state index in [0.717, 1.165) is 22.8 Å². The first kappa shape index (κ1) is 24.9. The van der Waals surface area contributed by atoms with E-state index in [0.29, 0.717) is 12.1 Å². The van der Waals surface area contributed by atoms with E-state index in [4.69, 9.17) is 0 Å². The van der Waals surface area contributed by atoms with Crippen LogP contribution in [0, 0.1) is 11.8 Å². The molecule has 6 atom stereocenters. The van der Waals surface area contributed by atoms with Gasteiger partial charge in [0.05, 0.1) is 29.2 Å². The lowest BCUT2D eigenvalue weighted by Crippen LogP contribution is -2.52. The predicted octanol–water partition coefficient (Wildman–Crippen LogP) is 3.74. The van der Waals surface area contributed by atoms with Crippen molar-refractivity contribution in [3.63, 3.8) is 0 Å². The van der Waals surface area contributed by atoms with Crippen LogP contribution in [-0.2, 0) is 14.4 Å². The van der Waals surface area contributed by atoms with Gasteiger partial charge in [0.2, 0.25) is 17.7 Å². The Morgan fingerprint density at radius 1 is 1.03 bits per heavy atom. The molecule has 3 aromatic rings. The van der Waals surface area contributed by atoms with E-state index < -0.39 is 33.4 Å². The van der Waals surface area contributed by atoms with Crippen molar-refractivity contribution in [1.82, 2.24) is 10.2 Å². The fraction of sp³-hybridized carbons (Fsp3) is 0.367. The second kappa shape index (κ2) is 9.13. The molecule has 2 unspecified atom stereocenters. The van der Waals surface area contributed by atoms with Gasteiger partial charge in [0.15, 0.2) is 0 Å². The lowest BCUT2D eigenvalue weighted by atomic mass is 9.66. The van der Waals surface area contributed by atoms with Crippen LogP contribution >= 0.6 is 11.8 Å². The Hall–Kier alpha value is -3.36. The SMILES string of the molecule is CNC(=O)[C@@H]1[C@H]2C(=O)N([C@H](CO)c3ccccc3)C(C(=O)Nc3ccc4ccccc4c3)C23CC[C@@]1(C)S3. The zero-order chi connectivity index (χ0) is 26.7. The summed E-state index contributed by atoms with van der Waals surface area (Å²) in [5.74, 6) is -1.89. The van der Waals surface area contributed by atoms with Crippen LogP contribution in [-0.4, -0.2) is 56.9 Å². The Morgan fingerprint density at radius 3 is 2.45 bits per heavy atom. The van der Waals surface area contributed by atoms with Gasteiger partial charge in [0, 0.05) is 17.5 Å². The summed E-state index contributed by atoms with van der Waals surface area (Å²) < 4.78 is -1.19. The van der Waals surface area contributed by atoms with Crippen LogP contribution in [0.25, 0.3) is 10.8 Å². The molecule has 0 saturated carbocycles. The number of likely N-dealkylation sites (tertiary alicyclic amines) is 1. The summed E-state index contributed by atoms with van der Waals surface area (Å²) in [6.07, 6.45) is 1.39. The van der Waals surface area contributed by atoms with Crippen LogP contribution in [0.1, 0.15) is 31.4 Å². The summed E-state index contributed by atoms with van der Waals surface area (Å²) in [6, 6.07) is 21.5. The smallest absolute Gasteiger partial charge is 0.248 e. The third kappa shape index (κ3) is 3.57. The predicted molar refractivity (Wildman–Crippen MR) is 148 cm³/mol. The van der Waals surface area contributed by atoms with Crippen LogP contribution in [0.15, 0.2) is 72.8 Å². The summed E-state index contributed by atoms with van der Waals surface area (Å²) in [5, 5.41) is 18.5. The van der Waals surface area contributed by atoms with Crippen LogP contribution in [0.5, 0.6) is 0 Å². The van der Waals surface area contributed by atoms with Crippen molar-refractivity contribution in [1.29, 1.82) is 0 Å². The number of fused-ring (bicyclic) bond motifs is 2. The van der Waals surface area contributed by atoms with Gasteiger partial charge in [0.1, 0.15) is 6.04 Å². The van der Waals surface area contributed by atoms with Gasteiger partial charge in [-0.05, 0) is 48.2 Å². The Morgan fingerprint density at radius 2 is 1.74 bits per heavy atom. The topological polar surface area (TPSA) is 98.7 Å². The number of aliphatic hydroxyl groups is 1. The molecule has 38 heavy (non-hydrogen) atoms. The van der Waals surface area contributed by atoms with Crippen molar-refractivity contribution in [2.24, 2.45) is 11.8 Å². The highest BCUT2D eigenvalue weighted by Gasteiger charge is 2.77. The van der Waals surface area contributed by atoms with Crippen LogP contribution in [0.4, 0.5) is 5.69 Å². The quantitative estimate of drug-likeness (QED) is 0.452. The molecule has 3 aliphatic heterocycles. The van der Waals surface area contributed by atoms with Crippen molar-refractivity contribution in [3.05, 3.63) is 78.4 Å². The standard InChI is InChI=1S/C30H31N3O4S/c1-29-14-15-30(38-29)24(23(29)26(35)31-2)28(37)33(22(17-34)19-9-4-3-5-10-19)25(30)27(36)32-21-13-12-18-8-6-7-11-20(18)16-21/h3-13,16,22-25,34H,14-15,17H2,1-2H3,(H,31,35)(H,32,36)/t22-,23+,24+,25?,29-,30?/m1/s1. The number of amides is 3. The van der Waals surface area contributed by atoms with E-state index >= 15 is 0 Å². The number of anilines is 1. The lowest BCUT2D eigenvalue weighted by Gasteiger charge is -2.37. The number of carbonyl (C=O) groups excluding carboxylic acids is 3. The number of thioether (sulfide) groups is 1. The number of rotatable bonds is 6. The molecule has 7 nitrogen and oxygen atoms in total. The van der Waals surface area contributed by atoms with Gasteiger partial charge in [-0.2, -0.15) is 0 Å². The highest BCUT2D eigenvalue weighted by Crippen LogP contribution is 2.72. The normalized spacial score (nSPS) is 30.3. The highest BCUT2D eigenvalue weighted by molar-refractivity contribution is 8.02. The fourth-order valence-electron chi connectivity index (χ4n) is 7.06. The first-order chi connectivity index (χ1) is 18.3. The molecule has 8 heteroatoms. The van der Waals surface area contributed by atoms with Gasteiger partial charge in [-0.3, -0.25) is 14.4 Å². The maximum Gasteiger partial charge on any atom is 0.248 e. The molecular formula is C30H31N3O4S. The number of hydrogen-bond donors (Lipinski definition) is 3. The zero-order valence-corrected chi connectivity index (χ0v) is 22.2. The van der Waals surface area contributed by atoms with Crippen molar-refractivity contribution in [3.8, 4) is 0 Å². The first-order valence-electron chi connectivity index (χ1n) is 13.0. The highest BCUT2D eigenvalue weighted by atomic mass is 32.2. The molecule has 3 amide bonds. The number of nitrogens with one attached hydrogen (secondary N) is 2. The molecule has 3 aromatic carbocycles. The third-order valence-electron chi connectivity index (χ3n) is 8.70. The minimum atomic E-state index is -0.842. The van der Waals surface area contributed by atoms with Gasteiger partial charge in [0.25, 0.3) is 0 Å². The average Bonchev–Trinajstić information content (AvgIpc) is 3.50. The number of carbonyl (C=O) groups is 3. The van der Waals surface area contributed by atoms with Crippen molar-refractivity contribution in [2.45, 2.75) is 41.3 Å². The molecule has 0 aromatic heterocycles. The number of aliphatic hydroxyl groups excluding tert-OH is 1. The minimum absolute atomic E-state index is 0.171. The summed E-state index contributed by atoms with van der Waals surface area (Å²) in [7, 11) is 1.59. The third-order valence-corrected chi connectivity index (χ3v) is 10.7. The molecule has 3 saturated heterocycles. The van der Waals surface area contributed by atoms with Crippen molar-refractivity contribution >= 4 is 45.9 Å². The van der Waals surface area contributed by atoms with E-state index in [1.54, 1.807) is 23.7 Å². The molecule has 6 rings (SSSR count). The lowest BCUT2D eigenvalue weighted by molar-refractivity contribution is -0.142. The molecule has 1 spiro atoms. The molecule has 0 aliphatic carbocycles. The maximum absolute atomic E-state index is 14.3. The average molecular weight is 530 g/mol. The Bertz CT molecular complexity index is 1430. The maximum atomic E-state index is 14.3. The molecule has 3 fully saturated rings. The zero-order valence-electron chi connectivity index (χ0n) is 21.4. The molecule has 2 bridgehead atoms. The number of nitrogens with zero attached hydrogens (tertiary/aromatic N) is 1. The molecule has 3 heterocycles. The summed E-state index contributed by atoms with van der Waals surface area (Å²) in [5.41, 5.74) is 1.40. The molecule has 3 N–H and O–H groups in total. The minimum Gasteiger partial charge on any atom is -0.394 e. The molecule has 0 radical (unpaired) electrons. The second-order valence-electron chi connectivity index (χ2n) is 10.7. The van der Waals surface area contributed by atoms with Crippen molar-refractivity contribution in [2.75, 3.05) is 19.0 Å². The molecular weight excluding hydrogens is 498 g/mol. The van der Waals surface area contributed by atoms with Gasteiger partial charge in [-0.15, -0.1) is 11.8 Å². The molecule has 3 aliphatic rings. The van der Waals surface area contributed by atoms with E-state index in [2.05, 4.69) is 10.6 Å². The first-order valence-corrected chi connectivity index (χ1v) is 13.8. The largest absolute Gasteiger partial charge is 0.394 e. The summed E-state index contributed by atoms with van der Waals surface area (Å²) in [4.78, 5) is 43.3. The van der Waals surface area contributed by atoms with Gasteiger partial charge in [-0.25, -0.2) is 0 Å². The van der Waals surface area contributed by atoms with Gasteiger partial charge < -0.3 is 20.6 Å². The summed E-state index contributed by atoms with van der Waals surface area (Å²) in [6.45, 7) is 1.71. The van der Waals surface area contributed by atoms with Crippen LogP contribution in [0.3, 0.4) is 0 Å². The number of benzene rings is 3. The van der Waals surface area contributed by atoms with E-state index in [1.165, 1.54) is 0 Å². The Labute approximate surface area is 226 Å². The van der Waals surface area contributed by atoms with Crippen LogP contribution < -0.4 is 10.6 Å². The van der Waals surface area contributed by atoms with E-state index in [9.17, 15) is 19.5 Å². The van der Waals surface area contributed by atoms with Crippen molar-refractivity contribution < 1.29 is 19.5 Å². The Balaban J connectivity index is 1.45. The monoisotopic (exact) mass is 529 g/mol. The van der Waals surface area contributed by atoms with E-state index in [1.807, 2.05) is 79.7 Å². The second-order valence-corrected chi connectivity index (χ2v) is 12.6. The van der Waals surface area contributed by atoms with Crippen LogP contribution in [0.2, 0.25) is 0 Å². The molecule has 196 valence electrons.